The minimum absolute atomic E-state index is 0.193. The predicted molar refractivity (Wildman–Crippen MR) is 69.2 cm³/mol. The Hall–Kier alpha value is -2.07. The van der Waals surface area contributed by atoms with E-state index in [1.54, 1.807) is 6.26 Å². The molecule has 0 aliphatic rings. The van der Waals surface area contributed by atoms with Crippen LogP contribution in [0.2, 0.25) is 0 Å². The monoisotopic (exact) mass is 241 g/mol. The topological polar surface area (TPSA) is 42.5 Å². The van der Waals surface area contributed by atoms with Crippen molar-refractivity contribution in [2.75, 3.05) is 0 Å². The van der Waals surface area contributed by atoms with Crippen molar-refractivity contribution in [3.63, 3.8) is 0 Å². The smallest absolute Gasteiger partial charge is 0.120 e. The van der Waals surface area contributed by atoms with Crippen molar-refractivity contribution in [1.82, 2.24) is 14.9 Å². The highest BCUT2D eigenvalue weighted by Gasteiger charge is 2.09. The van der Waals surface area contributed by atoms with Crippen molar-refractivity contribution < 1.29 is 4.42 Å². The molecule has 18 heavy (non-hydrogen) atoms. The maximum atomic E-state index is 5.37. The summed E-state index contributed by atoms with van der Waals surface area (Å²) in [5, 5.41) is 7.75. The van der Waals surface area contributed by atoms with Crippen molar-refractivity contribution in [3.8, 4) is 0 Å². The molecule has 0 fully saturated rings. The van der Waals surface area contributed by atoms with Crippen LogP contribution in [0.5, 0.6) is 0 Å². The minimum Gasteiger partial charge on any atom is -0.468 e. The lowest BCUT2D eigenvalue weighted by Crippen LogP contribution is -2.17. The molecule has 0 saturated heterocycles. The summed E-state index contributed by atoms with van der Waals surface area (Å²) < 4.78 is 7.25. The fourth-order valence-electron chi connectivity index (χ4n) is 2.02. The zero-order valence-electron chi connectivity index (χ0n) is 10.2. The fourth-order valence-corrected chi connectivity index (χ4v) is 2.02. The van der Waals surface area contributed by atoms with Gasteiger partial charge in [-0.2, -0.15) is 5.10 Å². The molecule has 92 valence electrons. The maximum absolute atomic E-state index is 5.37. The Morgan fingerprint density at radius 1 is 1.33 bits per heavy atom. The molecule has 0 aliphatic carbocycles. The van der Waals surface area contributed by atoms with Crippen molar-refractivity contribution in [3.05, 3.63) is 60.3 Å². The highest BCUT2D eigenvalue weighted by atomic mass is 16.3. The Bertz CT molecular complexity index is 627. The van der Waals surface area contributed by atoms with Crippen LogP contribution in [0.25, 0.3) is 5.52 Å². The molecule has 4 nitrogen and oxygen atoms in total. The van der Waals surface area contributed by atoms with E-state index in [1.807, 2.05) is 41.2 Å². The summed E-state index contributed by atoms with van der Waals surface area (Å²) in [7, 11) is 0. The maximum Gasteiger partial charge on any atom is 0.120 e. The van der Waals surface area contributed by atoms with Crippen LogP contribution in [0.3, 0.4) is 0 Å². The van der Waals surface area contributed by atoms with Crippen molar-refractivity contribution in [1.29, 1.82) is 0 Å². The summed E-state index contributed by atoms with van der Waals surface area (Å²) >= 11 is 0. The lowest BCUT2D eigenvalue weighted by Gasteiger charge is -2.10. The van der Waals surface area contributed by atoms with E-state index in [0.717, 1.165) is 17.8 Å². The van der Waals surface area contributed by atoms with Gasteiger partial charge in [-0.1, -0.05) is 6.07 Å². The summed E-state index contributed by atoms with van der Waals surface area (Å²) in [4.78, 5) is 0. The van der Waals surface area contributed by atoms with Crippen LogP contribution in [0.1, 0.15) is 24.3 Å². The van der Waals surface area contributed by atoms with E-state index in [1.165, 1.54) is 5.56 Å². The first-order chi connectivity index (χ1) is 8.84. The number of aromatic nitrogens is 2. The summed E-state index contributed by atoms with van der Waals surface area (Å²) in [6.07, 6.45) is 5.55. The second-order valence-electron chi connectivity index (χ2n) is 4.32. The van der Waals surface area contributed by atoms with E-state index >= 15 is 0 Å². The van der Waals surface area contributed by atoms with Gasteiger partial charge in [-0.25, -0.2) is 4.52 Å². The normalized spacial score (nSPS) is 12.9. The Morgan fingerprint density at radius 3 is 3.11 bits per heavy atom. The Balaban J connectivity index is 1.73. The number of nitrogens with zero attached hydrogens (tertiary/aromatic N) is 2. The summed E-state index contributed by atoms with van der Waals surface area (Å²) in [6, 6.07) is 10.1. The van der Waals surface area contributed by atoms with Gasteiger partial charge in [-0.3, -0.25) is 0 Å². The van der Waals surface area contributed by atoms with Crippen LogP contribution in [-0.4, -0.2) is 9.61 Å². The number of rotatable bonds is 4. The van der Waals surface area contributed by atoms with Crippen LogP contribution < -0.4 is 5.32 Å². The molecular weight excluding hydrogens is 226 g/mol. The van der Waals surface area contributed by atoms with Gasteiger partial charge in [0.25, 0.3) is 0 Å². The first kappa shape index (κ1) is 11.0. The van der Waals surface area contributed by atoms with Gasteiger partial charge in [0, 0.05) is 18.3 Å². The van der Waals surface area contributed by atoms with Gasteiger partial charge in [-0.05, 0) is 31.2 Å². The molecular formula is C14H15N3O. The van der Waals surface area contributed by atoms with E-state index < -0.39 is 0 Å². The molecule has 3 heterocycles. The molecule has 0 spiro atoms. The molecule has 3 aromatic rings. The molecule has 0 saturated carbocycles. The third-order valence-corrected chi connectivity index (χ3v) is 3.07. The van der Waals surface area contributed by atoms with Gasteiger partial charge in [-0.15, -0.1) is 0 Å². The summed E-state index contributed by atoms with van der Waals surface area (Å²) in [5.41, 5.74) is 2.32. The molecule has 0 amide bonds. The molecule has 4 heteroatoms. The van der Waals surface area contributed by atoms with Crippen LogP contribution in [0, 0.1) is 0 Å². The predicted octanol–water partition coefficient (Wildman–Crippen LogP) is 2.78. The second-order valence-corrected chi connectivity index (χ2v) is 4.32. The zero-order valence-corrected chi connectivity index (χ0v) is 10.2. The number of fused-ring (bicyclic) bond motifs is 1. The van der Waals surface area contributed by atoms with Crippen LogP contribution >= 0.6 is 0 Å². The third kappa shape index (κ3) is 2.02. The number of hydrogen-bond donors (Lipinski definition) is 1. The number of pyridine rings is 1. The molecule has 0 aromatic carbocycles. The van der Waals surface area contributed by atoms with E-state index in [0.29, 0.717) is 0 Å². The molecule has 3 rings (SSSR count). The first-order valence-corrected chi connectivity index (χ1v) is 6.02. The Morgan fingerprint density at radius 2 is 2.28 bits per heavy atom. The summed E-state index contributed by atoms with van der Waals surface area (Å²) in [6.45, 7) is 2.86. The highest BCUT2D eigenvalue weighted by Crippen LogP contribution is 2.15. The average Bonchev–Trinajstić information content (AvgIpc) is 3.06. The van der Waals surface area contributed by atoms with Crippen molar-refractivity contribution >= 4 is 5.52 Å². The van der Waals surface area contributed by atoms with Gasteiger partial charge in [0.2, 0.25) is 0 Å². The molecule has 0 bridgehead atoms. The largest absolute Gasteiger partial charge is 0.468 e. The summed E-state index contributed by atoms with van der Waals surface area (Å²) in [5.74, 6) is 0.950. The van der Waals surface area contributed by atoms with Crippen molar-refractivity contribution in [2.24, 2.45) is 0 Å². The first-order valence-electron chi connectivity index (χ1n) is 6.02. The van der Waals surface area contributed by atoms with Crippen LogP contribution in [-0.2, 0) is 6.54 Å². The average molecular weight is 241 g/mol. The molecule has 0 unspecified atom stereocenters. The molecule has 1 N–H and O–H groups in total. The Labute approximate surface area is 105 Å². The molecule has 0 aliphatic heterocycles. The molecule has 0 radical (unpaired) electrons. The zero-order chi connectivity index (χ0) is 12.4. The highest BCUT2D eigenvalue weighted by molar-refractivity contribution is 5.53. The van der Waals surface area contributed by atoms with E-state index in [-0.39, 0.29) is 6.04 Å². The van der Waals surface area contributed by atoms with Gasteiger partial charge >= 0.3 is 0 Å². The van der Waals surface area contributed by atoms with E-state index in [4.69, 9.17) is 4.42 Å². The Kier molecular flexibility index (Phi) is 2.86. The minimum atomic E-state index is 0.193. The van der Waals surface area contributed by atoms with E-state index in [2.05, 4.69) is 23.4 Å². The van der Waals surface area contributed by atoms with Crippen molar-refractivity contribution in [2.45, 2.75) is 19.5 Å². The number of nitrogens with one attached hydrogen (secondary N) is 1. The van der Waals surface area contributed by atoms with Gasteiger partial charge in [0.15, 0.2) is 0 Å². The third-order valence-electron chi connectivity index (χ3n) is 3.07. The lowest BCUT2D eigenvalue weighted by molar-refractivity contribution is 0.430. The van der Waals surface area contributed by atoms with E-state index in [9.17, 15) is 0 Å². The SMILES string of the molecule is C[C@@H](NCc1cnn2ccccc12)c1ccco1. The fraction of sp³-hybridized carbons (Fsp3) is 0.214. The van der Waals surface area contributed by atoms with Crippen LogP contribution in [0.4, 0.5) is 0 Å². The molecule has 1 atom stereocenters. The van der Waals surface area contributed by atoms with Gasteiger partial charge in [0.1, 0.15) is 5.76 Å². The molecule has 3 aromatic heterocycles. The van der Waals surface area contributed by atoms with Gasteiger partial charge < -0.3 is 9.73 Å². The van der Waals surface area contributed by atoms with Gasteiger partial charge in [0.05, 0.1) is 24.0 Å². The standard InChI is InChI=1S/C14H15N3O/c1-11(14-6-4-8-18-14)15-9-12-10-16-17-7-3-2-5-13(12)17/h2-8,10-11,15H,9H2,1H3/t11-/m1/s1. The quantitative estimate of drug-likeness (QED) is 0.763. The van der Waals surface area contributed by atoms with Crippen LogP contribution in [0.15, 0.2) is 53.4 Å². The lowest BCUT2D eigenvalue weighted by atomic mass is 10.2. The number of hydrogen-bond acceptors (Lipinski definition) is 3. The second kappa shape index (κ2) is 4.66. The number of furan rings is 1.